The Bertz CT molecular complexity index is 679. The third-order valence-corrected chi connectivity index (χ3v) is 3.60. The second-order valence-corrected chi connectivity index (χ2v) is 5.38. The van der Waals surface area contributed by atoms with Crippen LogP contribution in [-0.4, -0.2) is 18.5 Å². The van der Waals surface area contributed by atoms with Crippen LogP contribution in [0.5, 0.6) is 5.75 Å². The molecule has 23 heavy (non-hydrogen) atoms. The molecule has 0 saturated carbocycles. The molecular weight excluding hydrogens is 319 g/mol. The lowest BCUT2D eigenvalue weighted by Crippen LogP contribution is -2.27. The molecule has 122 valence electrons. The standard InChI is InChI=1S/C17H17FN2O2.ClH/c18-13-3-1-2-12(8-13)11-22-16-6-4-15(5-7-16)20-10-14(19)9-17(20)21;/h1-8,14H,9-11,19H2;1H/t14-;/m1./s1. The van der Waals surface area contributed by atoms with Gasteiger partial charge in [0.1, 0.15) is 18.2 Å². The molecule has 6 heteroatoms. The van der Waals surface area contributed by atoms with Gasteiger partial charge in [0.05, 0.1) is 0 Å². The second-order valence-electron chi connectivity index (χ2n) is 5.38. The summed E-state index contributed by atoms with van der Waals surface area (Å²) in [5.74, 6) is 0.435. The summed E-state index contributed by atoms with van der Waals surface area (Å²) < 4.78 is 18.7. The van der Waals surface area contributed by atoms with Gasteiger partial charge in [0.2, 0.25) is 5.91 Å². The van der Waals surface area contributed by atoms with E-state index in [2.05, 4.69) is 0 Å². The van der Waals surface area contributed by atoms with Crippen molar-refractivity contribution < 1.29 is 13.9 Å². The average Bonchev–Trinajstić information content (AvgIpc) is 2.84. The predicted molar refractivity (Wildman–Crippen MR) is 89.4 cm³/mol. The molecule has 1 heterocycles. The van der Waals surface area contributed by atoms with Crippen LogP contribution < -0.4 is 15.4 Å². The maximum absolute atomic E-state index is 13.1. The Hall–Kier alpha value is -2.11. The van der Waals surface area contributed by atoms with Gasteiger partial charge in [0, 0.05) is 24.7 Å². The van der Waals surface area contributed by atoms with E-state index in [1.807, 2.05) is 18.2 Å². The van der Waals surface area contributed by atoms with Gasteiger partial charge in [-0.05, 0) is 42.0 Å². The summed E-state index contributed by atoms with van der Waals surface area (Å²) in [6.45, 7) is 0.840. The molecule has 1 aliphatic heterocycles. The van der Waals surface area contributed by atoms with E-state index in [0.717, 1.165) is 11.3 Å². The van der Waals surface area contributed by atoms with Crippen LogP contribution in [0, 0.1) is 5.82 Å². The van der Waals surface area contributed by atoms with E-state index in [1.165, 1.54) is 12.1 Å². The van der Waals surface area contributed by atoms with Gasteiger partial charge in [-0.15, -0.1) is 12.4 Å². The van der Waals surface area contributed by atoms with Crippen molar-refractivity contribution in [3.05, 3.63) is 59.9 Å². The molecule has 4 nitrogen and oxygen atoms in total. The number of nitrogens with zero attached hydrogens (tertiary/aromatic N) is 1. The molecule has 0 bridgehead atoms. The summed E-state index contributed by atoms with van der Waals surface area (Å²) in [7, 11) is 0. The number of carbonyl (C=O) groups is 1. The lowest BCUT2D eigenvalue weighted by Gasteiger charge is -2.16. The highest BCUT2D eigenvalue weighted by atomic mass is 35.5. The van der Waals surface area contributed by atoms with Gasteiger partial charge in [-0.3, -0.25) is 4.79 Å². The molecule has 3 rings (SSSR count). The highest BCUT2D eigenvalue weighted by Gasteiger charge is 2.27. The number of hydrogen-bond acceptors (Lipinski definition) is 3. The number of amides is 1. The quantitative estimate of drug-likeness (QED) is 0.934. The Morgan fingerprint density at radius 1 is 1.22 bits per heavy atom. The van der Waals surface area contributed by atoms with Gasteiger partial charge in [-0.1, -0.05) is 12.1 Å². The minimum atomic E-state index is -0.277. The fourth-order valence-corrected chi connectivity index (χ4v) is 2.50. The zero-order chi connectivity index (χ0) is 15.5. The fourth-order valence-electron chi connectivity index (χ4n) is 2.50. The maximum Gasteiger partial charge on any atom is 0.228 e. The number of ether oxygens (including phenoxy) is 1. The monoisotopic (exact) mass is 336 g/mol. The molecule has 1 amide bonds. The Kier molecular flexibility index (Phi) is 5.58. The first-order valence-electron chi connectivity index (χ1n) is 7.15. The molecule has 2 aromatic carbocycles. The lowest BCUT2D eigenvalue weighted by atomic mass is 10.2. The number of benzene rings is 2. The molecule has 2 aromatic rings. The second kappa shape index (κ2) is 7.44. The van der Waals surface area contributed by atoms with Crippen LogP contribution in [0.15, 0.2) is 48.5 Å². The SMILES string of the molecule is Cl.N[C@@H]1CC(=O)N(c2ccc(OCc3cccc(F)c3)cc2)C1. The molecule has 0 aliphatic carbocycles. The van der Waals surface area contributed by atoms with Crippen molar-refractivity contribution in [2.75, 3.05) is 11.4 Å². The van der Waals surface area contributed by atoms with Crippen molar-refractivity contribution in [2.24, 2.45) is 5.73 Å². The predicted octanol–water partition coefficient (Wildman–Crippen LogP) is 2.89. The van der Waals surface area contributed by atoms with Crippen LogP contribution in [-0.2, 0) is 11.4 Å². The molecule has 0 radical (unpaired) electrons. The first-order valence-corrected chi connectivity index (χ1v) is 7.15. The average molecular weight is 337 g/mol. The van der Waals surface area contributed by atoms with Crippen LogP contribution in [0.2, 0.25) is 0 Å². The third kappa shape index (κ3) is 4.21. The zero-order valence-corrected chi connectivity index (χ0v) is 13.3. The fraction of sp³-hybridized carbons (Fsp3) is 0.235. The molecule has 1 aliphatic rings. The minimum Gasteiger partial charge on any atom is -0.489 e. The highest BCUT2D eigenvalue weighted by molar-refractivity contribution is 5.96. The van der Waals surface area contributed by atoms with Crippen LogP contribution >= 0.6 is 12.4 Å². The lowest BCUT2D eigenvalue weighted by molar-refractivity contribution is -0.117. The van der Waals surface area contributed by atoms with Crippen molar-refractivity contribution in [3.63, 3.8) is 0 Å². The molecule has 1 fully saturated rings. The maximum atomic E-state index is 13.1. The van der Waals surface area contributed by atoms with Gasteiger partial charge >= 0.3 is 0 Å². The minimum absolute atomic E-state index is 0. The number of nitrogens with two attached hydrogens (primary N) is 1. The number of anilines is 1. The molecule has 2 N–H and O–H groups in total. The van der Waals surface area contributed by atoms with Crippen molar-refractivity contribution in [1.82, 2.24) is 0 Å². The Labute approximate surface area is 140 Å². The summed E-state index contributed by atoms with van der Waals surface area (Å²) >= 11 is 0. The molecule has 0 spiro atoms. The summed E-state index contributed by atoms with van der Waals surface area (Å²) in [6, 6.07) is 13.5. The van der Waals surface area contributed by atoms with Gasteiger partial charge in [-0.25, -0.2) is 4.39 Å². The van der Waals surface area contributed by atoms with E-state index in [-0.39, 0.29) is 30.2 Å². The van der Waals surface area contributed by atoms with Crippen molar-refractivity contribution in [3.8, 4) is 5.75 Å². The Morgan fingerprint density at radius 3 is 2.57 bits per heavy atom. The Morgan fingerprint density at radius 2 is 1.96 bits per heavy atom. The van der Waals surface area contributed by atoms with Crippen molar-refractivity contribution in [2.45, 2.75) is 19.1 Å². The van der Waals surface area contributed by atoms with E-state index >= 15 is 0 Å². The zero-order valence-electron chi connectivity index (χ0n) is 12.4. The summed E-state index contributed by atoms with van der Waals surface area (Å²) in [5.41, 5.74) is 7.37. The van der Waals surface area contributed by atoms with E-state index in [0.29, 0.717) is 25.3 Å². The van der Waals surface area contributed by atoms with Crippen LogP contribution in [0.1, 0.15) is 12.0 Å². The summed E-state index contributed by atoms with van der Waals surface area (Å²) in [5, 5.41) is 0. The van der Waals surface area contributed by atoms with Gasteiger partial charge < -0.3 is 15.4 Å². The van der Waals surface area contributed by atoms with Crippen molar-refractivity contribution in [1.29, 1.82) is 0 Å². The van der Waals surface area contributed by atoms with E-state index in [9.17, 15) is 9.18 Å². The smallest absolute Gasteiger partial charge is 0.228 e. The molecule has 1 saturated heterocycles. The van der Waals surface area contributed by atoms with Crippen LogP contribution in [0.3, 0.4) is 0 Å². The van der Waals surface area contributed by atoms with Crippen LogP contribution in [0.25, 0.3) is 0 Å². The molecule has 1 atom stereocenters. The van der Waals surface area contributed by atoms with Gasteiger partial charge in [0.15, 0.2) is 0 Å². The third-order valence-electron chi connectivity index (χ3n) is 3.60. The Balaban J connectivity index is 0.00000192. The first kappa shape index (κ1) is 17.2. The normalized spacial score (nSPS) is 17.0. The molecule has 0 aromatic heterocycles. The van der Waals surface area contributed by atoms with E-state index in [4.69, 9.17) is 10.5 Å². The highest BCUT2D eigenvalue weighted by Crippen LogP contribution is 2.24. The van der Waals surface area contributed by atoms with Crippen molar-refractivity contribution >= 4 is 24.0 Å². The van der Waals surface area contributed by atoms with Gasteiger partial charge in [-0.2, -0.15) is 0 Å². The number of rotatable bonds is 4. The number of hydrogen-bond donors (Lipinski definition) is 1. The van der Waals surface area contributed by atoms with Crippen LogP contribution in [0.4, 0.5) is 10.1 Å². The first-order chi connectivity index (χ1) is 10.6. The van der Waals surface area contributed by atoms with Gasteiger partial charge in [0.25, 0.3) is 0 Å². The topological polar surface area (TPSA) is 55.6 Å². The van der Waals surface area contributed by atoms with E-state index < -0.39 is 0 Å². The molecular formula is C17H18ClFN2O2. The number of halogens is 2. The number of carbonyl (C=O) groups excluding carboxylic acids is 1. The molecule has 0 unspecified atom stereocenters. The summed E-state index contributed by atoms with van der Waals surface area (Å²) in [4.78, 5) is 13.5. The summed E-state index contributed by atoms with van der Waals surface area (Å²) in [6.07, 6.45) is 0.387. The largest absolute Gasteiger partial charge is 0.489 e. The van der Waals surface area contributed by atoms with E-state index in [1.54, 1.807) is 23.1 Å².